The maximum Gasteiger partial charge on any atom is 0.271 e. The first-order valence-corrected chi connectivity index (χ1v) is 8.79. The number of hydrazone groups is 1. The van der Waals surface area contributed by atoms with Gasteiger partial charge in [0.05, 0.1) is 10.7 Å². The van der Waals surface area contributed by atoms with E-state index in [0.717, 1.165) is 5.01 Å². The van der Waals surface area contributed by atoms with Crippen LogP contribution in [-0.2, 0) is 14.4 Å². The Hall–Kier alpha value is -3.26. The van der Waals surface area contributed by atoms with Gasteiger partial charge in [-0.3, -0.25) is 14.4 Å². The molecule has 0 saturated carbocycles. The molecule has 0 spiro atoms. The highest BCUT2D eigenvalue weighted by molar-refractivity contribution is 6.43. The van der Waals surface area contributed by atoms with Crippen LogP contribution in [0, 0.1) is 5.82 Å². The summed E-state index contributed by atoms with van der Waals surface area (Å²) in [5, 5.41) is 10.5. The Balaban J connectivity index is 1.66. The minimum absolute atomic E-state index is 0.0506. The number of carbonyl (C=O) groups excluding carboxylic acids is 3. The molecule has 3 amide bonds. The number of amides is 3. The summed E-state index contributed by atoms with van der Waals surface area (Å²) in [4.78, 5) is 36.6. The lowest BCUT2D eigenvalue weighted by molar-refractivity contribution is -0.135. The van der Waals surface area contributed by atoms with Gasteiger partial charge < -0.3 is 10.6 Å². The van der Waals surface area contributed by atoms with Crippen molar-refractivity contribution in [2.45, 2.75) is 12.8 Å². The third kappa shape index (κ3) is 4.92. The molecule has 0 saturated heterocycles. The quantitative estimate of drug-likeness (QED) is 0.805. The van der Waals surface area contributed by atoms with Crippen molar-refractivity contribution < 1.29 is 18.8 Å². The molecule has 0 bridgehead atoms. The van der Waals surface area contributed by atoms with E-state index in [4.69, 9.17) is 11.6 Å². The van der Waals surface area contributed by atoms with E-state index in [1.165, 1.54) is 24.3 Å². The highest BCUT2D eigenvalue weighted by atomic mass is 35.5. The van der Waals surface area contributed by atoms with Gasteiger partial charge >= 0.3 is 0 Å². The smallest absolute Gasteiger partial charge is 0.271 e. The van der Waals surface area contributed by atoms with Crippen molar-refractivity contribution in [1.29, 1.82) is 0 Å². The predicted molar refractivity (Wildman–Crippen MR) is 103 cm³/mol. The Morgan fingerprint density at radius 2 is 1.79 bits per heavy atom. The largest absolute Gasteiger partial charge is 0.323 e. The monoisotopic (exact) mass is 402 g/mol. The molecular weight excluding hydrogens is 387 g/mol. The summed E-state index contributed by atoms with van der Waals surface area (Å²) < 4.78 is 12.9. The lowest BCUT2D eigenvalue weighted by Crippen LogP contribution is -2.40. The maximum atomic E-state index is 12.9. The van der Waals surface area contributed by atoms with Gasteiger partial charge in [0.15, 0.2) is 0 Å². The van der Waals surface area contributed by atoms with E-state index in [2.05, 4.69) is 15.7 Å². The van der Waals surface area contributed by atoms with Gasteiger partial charge in [-0.15, -0.1) is 0 Å². The number of anilines is 2. The molecule has 2 aromatic rings. The summed E-state index contributed by atoms with van der Waals surface area (Å²) in [6.45, 7) is -0.350. The molecule has 0 aliphatic carbocycles. The molecule has 7 nitrogen and oxygen atoms in total. The van der Waals surface area contributed by atoms with Crippen molar-refractivity contribution in [3.8, 4) is 0 Å². The molecule has 0 atom stereocenters. The SMILES string of the molecule is O=C(CN1N=C(C(=O)Nc2ccc(F)cc2)CCC1=O)Nc1ccccc1Cl. The number of hydrogen-bond acceptors (Lipinski definition) is 4. The number of rotatable bonds is 5. The minimum atomic E-state index is -0.518. The van der Waals surface area contributed by atoms with Gasteiger partial charge in [-0.2, -0.15) is 5.10 Å². The van der Waals surface area contributed by atoms with Crippen molar-refractivity contribution in [2.24, 2.45) is 5.10 Å². The fourth-order valence-electron chi connectivity index (χ4n) is 2.51. The van der Waals surface area contributed by atoms with Crippen LogP contribution in [0.4, 0.5) is 15.8 Å². The highest BCUT2D eigenvalue weighted by Gasteiger charge is 2.26. The molecule has 2 N–H and O–H groups in total. The molecule has 9 heteroatoms. The summed E-state index contributed by atoms with van der Waals surface area (Å²) in [5.74, 6) is -1.80. The zero-order valence-corrected chi connectivity index (χ0v) is 15.4. The van der Waals surface area contributed by atoms with Crippen molar-refractivity contribution in [3.05, 3.63) is 59.4 Å². The van der Waals surface area contributed by atoms with Gasteiger partial charge in [-0.05, 0) is 36.4 Å². The average Bonchev–Trinajstić information content (AvgIpc) is 2.67. The third-order valence-electron chi connectivity index (χ3n) is 3.91. The van der Waals surface area contributed by atoms with E-state index < -0.39 is 17.6 Å². The Bertz CT molecular complexity index is 946. The topological polar surface area (TPSA) is 90.9 Å². The summed E-state index contributed by atoms with van der Waals surface area (Å²) in [7, 11) is 0. The van der Waals surface area contributed by atoms with Crippen molar-refractivity contribution in [3.63, 3.8) is 0 Å². The van der Waals surface area contributed by atoms with Gasteiger partial charge in [0.1, 0.15) is 18.1 Å². The van der Waals surface area contributed by atoms with Crippen LogP contribution in [0.2, 0.25) is 5.02 Å². The molecule has 0 aromatic heterocycles. The molecule has 1 heterocycles. The van der Waals surface area contributed by atoms with Crippen molar-refractivity contribution in [1.82, 2.24) is 5.01 Å². The van der Waals surface area contributed by atoms with Crippen molar-refractivity contribution >= 4 is 46.4 Å². The normalized spacial score (nSPS) is 13.7. The molecule has 3 rings (SSSR count). The molecule has 1 aliphatic heterocycles. The first-order valence-electron chi connectivity index (χ1n) is 8.41. The van der Waals surface area contributed by atoms with Gasteiger partial charge in [0, 0.05) is 18.5 Å². The van der Waals surface area contributed by atoms with E-state index in [9.17, 15) is 18.8 Å². The summed E-state index contributed by atoms with van der Waals surface area (Å²) in [6, 6.07) is 11.9. The molecule has 0 unspecified atom stereocenters. The fourth-order valence-corrected chi connectivity index (χ4v) is 2.70. The molecule has 2 aromatic carbocycles. The second-order valence-electron chi connectivity index (χ2n) is 5.99. The number of halogens is 2. The Kier molecular flexibility index (Phi) is 6.00. The van der Waals surface area contributed by atoms with E-state index in [0.29, 0.717) is 16.4 Å². The first kappa shape index (κ1) is 19.5. The first-order chi connectivity index (χ1) is 13.4. The molecule has 0 radical (unpaired) electrons. The molecule has 144 valence electrons. The molecule has 1 aliphatic rings. The zero-order valence-electron chi connectivity index (χ0n) is 14.6. The van der Waals surface area contributed by atoms with Crippen LogP contribution < -0.4 is 10.6 Å². The molecular formula is C19H16ClFN4O3. The van der Waals surface area contributed by atoms with Crippen LogP contribution in [0.3, 0.4) is 0 Å². The number of nitrogens with zero attached hydrogens (tertiary/aromatic N) is 2. The van der Waals surface area contributed by atoms with E-state index in [-0.39, 0.29) is 31.0 Å². The standard InChI is InChI=1S/C19H16ClFN4O3/c20-14-3-1-2-4-15(14)23-17(26)11-25-18(27)10-9-16(24-25)19(28)22-13-7-5-12(21)6-8-13/h1-8H,9-11H2,(H,22,28)(H,23,26). The van der Waals surface area contributed by atoms with E-state index >= 15 is 0 Å². The lowest BCUT2D eigenvalue weighted by Gasteiger charge is -2.22. The van der Waals surface area contributed by atoms with Crippen LogP contribution in [0.15, 0.2) is 53.6 Å². The maximum absolute atomic E-state index is 12.9. The van der Waals surface area contributed by atoms with Crippen LogP contribution in [0.25, 0.3) is 0 Å². The van der Waals surface area contributed by atoms with Crippen LogP contribution in [0.1, 0.15) is 12.8 Å². The average molecular weight is 403 g/mol. The van der Waals surface area contributed by atoms with Gasteiger partial charge in [0.2, 0.25) is 11.8 Å². The van der Waals surface area contributed by atoms with Crippen LogP contribution in [0.5, 0.6) is 0 Å². The summed E-state index contributed by atoms with van der Waals surface area (Å²) >= 11 is 5.99. The van der Waals surface area contributed by atoms with Crippen LogP contribution in [-0.4, -0.2) is 35.0 Å². The summed E-state index contributed by atoms with van der Waals surface area (Å²) in [6.07, 6.45) is 0.198. The second-order valence-corrected chi connectivity index (χ2v) is 6.39. The number of carbonyl (C=O) groups is 3. The number of hydrogen-bond donors (Lipinski definition) is 2. The predicted octanol–water partition coefficient (Wildman–Crippen LogP) is 3.03. The van der Waals surface area contributed by atoms with E-state index in [1.807, 2.05) is 0 Å². The molecule has 28 heavy (non-hydrogen) atoms. The van der Waals surface area contributed by atoms with Crippen molar-refractivity contribution in [2.75, 3.05) is 17.2 Å². The third-order valence-corrected chi connectivity index (χ3v) is 4.24. The molecule has 0 fully saturated rings. The van der Waals surface area contributed by atoms with E-state index in [1.54, 1.807) is 24.3 Å². The van der Waals surface area contributed by atoms with Crippen LogP contribution >= 0.6 is 11.6 Å². The number of benzene rings is 2. The van der Waals surface area contributed by atoms with Gasteiger partial charge in [-0.1, -0.05) is 23.7 Å². The van der Waals surface area contributed by atoms with Gasteiger partial charge in [-0.25, -0.2) is 9.40 Å². The minimum Gasteiger partial charge on any atom is -0.323 e. The fraction of sp³-hybridized carbons (Fsp3) is 0.158. The van der Waals surface area contributed by atoms with Gasteiger partial charge in [0.25, 0.3) is 5.91 Å². The summed E-state index contributed by atoms with van der Waals surface area (Å²) in [5.41, 5.74) is 0.917. The highest BCUT2D eigenvalue weighted by Crippen LogP contribution is 2.20. The Morgan fingerprint density at radius 1 is 1.07 bits per heavy atom. The Labute approximate surface area is 165 Å². The lowest BCUT2D eigenvalue weighted by atomic mass is 10.1. The zero-order chi connectivity index (χ0) is 20.1. The second kappa shape index (κ2) is 8.62. The Morgan fingerprint density at radius 3 is 2.50 bits per heavy atom. The number of para-hydroxylation sites is 1. The number of nitrogens with one attached hydrogen (secondary N) is 2.